The molecular weight excluding hydrogens is 240 g/mol. The second-order valence-electron chi connectivity index (χ2n) is 3.95. The summed E-state index contributed by atoms with van der Waals surface area (Å²) in [5.74, 6) is -0.514. The molecule has 0 atom stereocenters. The zero-order valence-electron chi connectivity index (χ0n) is 9.74. The molecule has 17 heavy (non-hydrogen) atoms. The summed E-state index contributed by atoms with van der Waals surface area (Å²) in [7, 11) is 3.26. The minimum absolute atomic E-state index is 0.470. The van der Waals surface area contributed by atoms with Crippen LogP contribution in [0.25, 0.3) is 0 Å². The lowest BCUT2D eigenvalue weighted by atomic mass is 10.1. The highest BCUT2D eigenvalue weighted by Gasteiger charge is 2.43. The molecule has 1 aromatic rings. The van der Waals surface area contributed by atoms with E-state index >= 15 is 0 Å². The van der Waals surface area contributed by atoms with E-state index in [0.29, 0.717) is 23.7 Å². The summed E-state index contributed by atoms with van der Waals surface area (Å²) in [6, 6.07) is 7.42. The van der Waals surface area contributed by atoms with E-state index in [4.69, 9.17) is 26.3 Å². The van der Waals surface area contributed by atoms with Gasteiger partial charge in [0.05, 0.1) is 23.7 Å². The van der Waals surface area contributed by atoms with Crippen molar-refractivity contribution in [2.24, 2.45) is 0 Å². The minimum Gasteiger partial charge on any atom is -0.361 e. The molecule has 1 fully saturated rings. The van der Waals surface area contributed by atoms with Crippen LogP contribution in [0, 0.1) is 11.3 Å². The second kappa shape index (κ2) is 4.53. The van der Waals surface area contributed by atoms with Crippen LogP contribution in [0.1, 0.15) is 5.56 Å². The lowest BCUT2D eigenvalue weighted by Gasteiger charge is -2.48. The third-order valence-corrected chi connectivity index (χ3v) is 3.36. The molecule has 0 radical (unpaired) electrons. The summed E-state index contributed by atoms with van der Waals surface area (Å²) in [5, 5.41) is 9.26. The molecule has 0 amide bonds. The fourth-order valence-electron chi connectivity index (χ4n) is 1.85. The van der Waals surface area contributed by atoms with E-state index in [1.54, 1.807) is 26.4 Å². The van der Waals surface area contributed by atoms with Gasteiger partial charge in [-0.3, -0.25) is 0 Å². The number of rotatable bonds is 3. The molecule has 2 rings (SSSR count). The molecule has 0 bridgehead atoms. The Balaban J connectivity index is 2.12. The van der Waals surface area contributed by atoms with Crippen LogP contribution in [0.4, 0.5) is 5.69 Å². The maximum atomic E-state index is 8.79. The molecule has 0 unspecified atom stereocenters. The van der Waals surface area contributed by atoms with Crippen LogP contribution in [-0.2, 0) is 9.47 Å². The zero-order chi connectivity index (χ0) is 12.5. The third kappa shape index (κ3) is 2.09. The van der Waals surface area contributed by atoms with Gasteiger partial charge >= 0.3 is 0 Å². The van der Waals surface area contributed by atoms with Gasteiger partial charge in [-0.25, -0.2) is 0 Å². The molecule has 0 N–H and O–H groups in total. The van der Waals surface area contributed by atoms with Gasteiger partial charge in [0.1, 0.15) is 6.07 Å². The predicted molar refractivity (Wildman–Crippen MR) is 65.1 cm³/mol. The number of benzene rings is 1. The van der Waals surface area contributed by atoms with Gasteiger partial charge in [-0.15, -0.1) is 0 Å². The predicted octanol–water partition coefficient (Wildman–Crippen LogP) is 2.02. The van der Waals surface area contributed by atoms with Crippen molar-refractivity contribution in [1.29, 1.82) is 5.26 Å². The van der Waals surface area contributed by atoms with E-state index in [1.165, 1.54) is 0 Å². The maximum absolute atomic E-state index is 8.79. The van der Waals surface area contributed by atoms with Crippen molar-refractivity contribution in [2.45, 2.75) is 5.79 Å². The topological polar surface area (TPSA) is 45.5 Å². The van der Waals surface area contributed by atoms with Crippen molar-refractivity contribution in [2.75, 3.05) is 32.2 Å². The van der Waals surface area contributed by atoms with Gasteiger partial charge in [-0.2, -0.15) is 5.26 Å². The van der Waals surface area contributed by atoms with Crippen LogP contribution in [-0.4, -0.2) is 33.1 Å². The summed E-state index contributed by atoms with van der Waals surface area (Å²) >= 11 is 5.98. The van der Waals surface area contributed by atoms with E-state index in [9.17, 15) is 0 Å². The molecular formula is C12H13ClN2O2. The van der Waals surface area contributed by atoms with Crippen LogP contribution in [0.15, 0.2) is 18.2 Å². The summed E-state index contributed by atoms with van der Waals surface area (Å²) in [5.41, 5.74) is 1.46. The summed E-state index contributed by atoms with van der Waals surface area (Å²) in [6.07, 6.45) is 0. The highest BCUT2D eigenvalue weighted by atomic mass is 35.5. The van der Waals surface area contributed by atoms with Crippen LogP contribution in [0.5, 0.6) is 0 Å². The van der Waals surface area contributed by atoms with Crippen LogP contribution < -0.4 is 4.90 Å². The summed E-state index contributed by atoms with van der Waals surface area (Å²) < 4.78 is 10.6. The first-order chi connectivity index (χ1) is 8.14. The minimum atomic E-state index is -0.514. The second-order valence-corrected chi connectivity index (χ2v) is 4.36. The molecule has 1 aliphatic heterocycles. The highest BCUT2D eigenvalue weighted by molar-refractivity contribution is 6.32. The van der Waals surface area contributed by atoms with E-state index in [-0.39, 0.29) is 0 Å². The van der Waals surface area contributed by atoms with Crippen LogP contribution in [0.3, 0.4) is 0 Å². The van der Waals surface area contributed by atoms with E-state index in [2.05, 4.69) is 4.90 Å². The number of hydrogen-bond donors (Lipinski definition) is 0. The van der Waals surface area contributed by atoms with Crippen molar-refractivity contribution >= 4 is 17.3 Å². The van der Waals surface area contributed by atoms with E-state index < -0.39 is 5.79 Å². The number of nitrogens with zero attached hydrogens (tertiary/aromatic N) is 2. The lowest BCUT2D eigenvalue weighted by Crippen LogP contribution is -2.64. The van der Waals surface area contributed by atoms with E-state index in [1.807, 2.05) is 12.1 Å². The largest absolute Gasteiger partial charge is 0.361 e. The summed E-state index contributed by atoms with van der Waals surface area (Å²) in [4.78, 5) is 2.08. The molecule has 4 nitrogen and oxygen atoms in total. The van der Waals surface area contributed by atoms with Crippen molar-refractivity contribution in [3.63, 3.8) is 0 Å². The van der Waals surface area contributed by atoms with Crippen LogP contribution in [0.2, 0.25) is 5.02 Å². The average Bonchev–Trinajstić information content (AvgIpc) is 2.29. The molecule has 0 spiro atoms. The number of anilines is 1. The first-order valence-electron chi connectivity index (χ1n) is 5.19. The Labute approximate surface area is 105 Å². The van der Waals surface area contributed by atoms with Gasteiger partial charge in [0.15, 0.2) is 0 Å². The molecule has 5 heteroatoms. The van der Waals surface area contributed by atoms with Gasteiger partial charge in [0.2, 0.25) is 5.79 Å². The Kier molecular flexibility index (Phi) is 3.25. The fraction of sp³-hybridized carbons (Fsp3) is 0.417. The van der Waals surface area contributed by atoms with Gasteiger partial charge in [-0.1, -0.05) is 11.6 Å². The standard InChI is InChI=1S/C12H13ClN2O2/c1-16-12(17-2)7-15(8-12)10-4-3-9(6-14)11(13)5-10/h3-5H,7-8H2,1-2H3. The molecule has 1 saturated heterocycles. The molecule has 0 aliphatic carbocycles. The van der Waals surface area contributed by atoms with Gasteiger partial charge in [0, 0.05) is 19.9 Å². The van der Waals surface area contributed by atoms with E-state index in [0.717, 1.165) is 5.69 Å². The zero-order valence-corrected chi connectivity index (χ0v) is 10.5. The number of nitriles is 1. The Bertz CT molecular complexity index is 458. The quantitative estimate of drug-likeness (QED) is 0.772. The molecule has 0 aromatic heterocycles. The molecule has 90 valence electrons. The molecule has 1 heterocycles. The normalized spacial score (nSPS) is 17.4. The highest BCUT2D eigenvalue weighted by Crippen LogP contribution is 2.32. The first kappa shape index (κ1) is 12.2. The number of halogens is 1. The van der Waals surface area contributed by atoms with Gasteiger partial charge in [0.25, 0.3) is 0 Å². The molecule has 1 aliphatic rings. The van der Waals surface area contributed by atoms with Gasteiger partial charge in [-0.05, 0) is 18.2 Å². The SMILES string of the molecule is COC1(OC)CN(c2ccc(C#N)c(Cl)c2)C1. The maximum Gasteiger partial charge on any atom is 0.203 e. The average molecular weight is 253 g/mol. The van der Waals surface area contributed by atoms with Crippen molar-refractivity contribution in [3.8, 4) is 6.07 Å². The van der Waals surface area contributed by atoms with Crippen molar-refractivity contribution in [3.05, 3.63) is 28.8 Å². The molecule has 1 aromatic carbocycles. The van der Waals surface area contributed by atoms with Crippen molar-refractivity contribution < 1.29 is 9.47 Å². The number of hydrogen-bond acceptors (Lipinski definition) is 4. The Morgan fingerprint density at radius 2 is 2.00 bits per heavy atom. The lowest BCUT2D eigenvalue weighted by molar-refractivity contribution is -0.219. The number of methoxy groups -OCH3 is 2. The van der Waals surface area contributed by atoms with Crippen LogP contribution >= 0.6 is 11.6 Å². The van der Waals surface area contributed by atoms with Gasteiger partial charge < -0.3 is 14.4 Å². The smallest absolute Gasteiger partial charge is 0.203 e. The Hall–Kier alpha value is -1.28. The monoisotopic (exact) mass is 252 g/mol. The Morgan fingerprint density at radius 1 is 1.35 bits per heavy atom. The third-order valence-electron chi connectivity index (χ3n) is 3.05. The fourth-order valence-corrected chi connectivity index (χ4v) is 2.07. The Morgan fingerprint density at radius 3 is 2.47 bits per heavy atom. The first-order valence-corrected chi connectivity index (χ1v) is 5.57. The molecule has 0 saturated carbocycles. The number of ether oxygens (including phenoxy) is 2. The van der Waals surface area contributed by atoms with Crippen molar-refractivity contribution in [1.82, 2.24) is 0 Å². The summed E-state index contributed by atoms with van der Waals surface area (Å²) in [6.45, 7) is 1.31.